The number of hydrogen-bond donors (Lipinski definition) is 2. The molecule has 0 aliphatic heterocycles. The Labute approximate surface area is 179 Å². The number of hydrazone groups is 1. The van der Waals surface area contributed by atoms with Crippen LogP contribution in [0.15, 0.2) is 80.8 Å². The molecule has 28 heavy (non-hydrogen) atoms. The standard InChI is InChI=1S/C21H16Br2N2O3/c22-16-8-7-15(19(23)11-16)13-28-17-9-5-14(6-10-17)12-24-25-21(27)18-3-1-2-4-20(18)26/h1-12,26H,13H2,(H,25,27). The molecule has 0 unspecified atom stereocenters. The third kappa shape index (κ3) is 5.43. The van der Waals surface area contributed by atoms with Gasteiger partial charge < -0.3 is 9.84 Å². The van der Waals surface area contributed by atoms with Crippen molar-refractivity contribution in [1.82, 2.24) is 5.43 Å². The van der Waals surface area contributed by atoms with Crippen LogP contribution in [-0.2, 0) is 6.61 Å². The molecule has 0 aliphatic carbocycles. The van der Waals surface area contributed by atoms with Gasteiger partial charge in [0, 0.05) is 14.5 Å². The Morgan fingerprint density at radius 1 is 1.07 bits per heavy atom. The highest BCUT2D eigenvalue weighted by atomic mass is 79.9. The number of phenolic OH excluding ortho intramolecular Hbond substituents is 1. The number of halogens is 2. The predicted octanol–water partition coefficient (Wildman–Crippen LogP) is 5.26. The molecule has 3 aromatic carbocycles. The zero-order valence-corrected chi connectivity index (χ0v) is 17.8. The Balaban J connectivity index is 1.54. The minimum Gasteiger partial charge on any atom is -0.507 e. The minimum absolute atomic E-state index is 0.0888. The first kappa shape index (κ1) is 20.1. The number of aromatic hydroxyl groups is 1. The fraction of sp³-hybridized carbons (Fsp3) is 0.0476. The van der Waals surface area contributed by atoms with Crippen molar-refractivity contribution in [2.45, 2.75) is 6.61 Å². The lowest BCUT2D eigenvalue weighted by molar-refractivity contribution is 0.0952. The van der Waals surface area contributed by atoms with Crippen LogP contribution in [-0.4, -0.2) is 17.2 Å². The van der Waals surface area contributed by atoms with Gasteiger partial charge in [0.05, 0.1) is 11.8 Å². The summed E-state index contributed by atoms with van der Waals surface area (Å²) in [5.74, 6) is 0.161. The van der Waals surface area contributed by atoms with Crippen LogP contribution < -0.4 is 10.2 Å². The lowest BCUT2D eigenvalue weighted by atomic mass is 10.2. The summed E-state index contributed by atoms with van der Waals surface area (Å²) >= 11 is 6.94. The maximum atomic E-state index is 12.0. The van der Waals surface area contributed by atoms with Crippen molar-refractivity contribution in [3.8, 4) is 11.5 Å². The van der Waals surface area contributed by atoms with Gasteiger partial charge in [-0.1, -0.05) is 50.1 Å². The molecule has 0 heterocycles. The lowest BCUT2D eigenvalue weighted by Crippen LogP contribution is -2.17. The number of benzene rings is 3. The second-order valence-electron chi connectivity index (χ2n) is 5.81. The van der Waals surface area contributed by atoms with Gasteiger partial charge in [-0.25, -0.2) is 5.43 Å². The van der Waals surface area contributed by atoms with Gasteiger partial charge in [-0.15, -0.1) is 0 Å². The molecule has 0 saturated heterocycles. The Morgan fingerprint density at radius 2 is 1.82 bits per heavy atom. The van der Waals surface area contributed by atoms with Gasteiger partial charge in [0.1, 0.15) is 18.1 Å². The number of ether oxygens (including phenoxy) is 1. The van der Waals surface area contributed by atoms with Crippen LogP contribution in [0, 0.1) is 0 Å². The van der Waals surface area contributed by atoms with Crippen molar-refractivity contribution in [3.63, 3.8) is 0 Å². The van der Waals surface area contributed by atoms with Crippen LogP contribution in [0.1, 0.15) is 21.5 Å². The van der Waals surface area contributed by atoms with Gasteiger partial charge in [-0.05, 0) is 54.1 Å². The van der Waals surface area contributed by atoms with Crippen LogP contribution in [0.3, 0.4) is 0 Å². The van der Waals surface area contributed by atoms with E-state index in [0.717, 1.165) is 25.8 Å². The van der Waals surface area contributed by atoms with E-state index in [2.05, 4.69) is 42.4 Å². The fourth-order valence-electron chi connectivity index (χ4n) is 2.34. The lowest BCUT2D eigenvalue weighted by Gasteiger charge is -2.08. The molecule has 0 spiro atoms. The third-order valence-corrected chi connectivity index (χ3v) is 5.05. The van der Waals surface area contributed by atoms with Gasteiger partial charge in [0.15, 0.2) is 0 Å². The number of para-hydroxylation sites is 1. The number of carbonyl (C=O) groups excluding carboxylic acids is 1. The van der Waals surface area contributed by atoms with E-state index in [4.69, 9.17) is 4.74 Å². The molecule has 0 bridgehead atoms. The molecule has 0 saturated carbocycles. The van der Waals surface area contributed by atoms with Crippen molar-refractivity contribution < 1.29 is 14.6 Å². The van der Waals surface area contributed by atoms with Crippen molar-refractivity contribution in [1.29, 1.82) is 0 Å². The number of carbonyl (C=O) groups is 1. The average Bonchev–Trinajstić information content (AvgIpc) is 2.68. The van der Waals surface area contributed by atoms with E-state index in [0.29, 0.717) is 6.61 Å². The van der Waals surface area contributed by atoms with Gasteiger partial charge in [-0.3, -0.25) is 4.79 Å². The van der Waals surface area contributed by atoms with Crippen LogP contribution in [0.2, 0.25) is 0 Å². The van der Waals surface area contributed by atoms with Crippen molar-refractivity contribution >= 4 is 44.0 Å². The quantitative estimate of drug-likeness (QED) is 0.356. The van der Waals surface area contributed by atoms with Gasteiger partial charge in [0.25, 0.3) is 5.91 Å². The highest BCUT2D eigenvalue weighted by Crippen LogP contribution is 2.23. The first-order chi connectivity index (χ1) is 13.5. The van der Waals surface area contributed by atoms with E-state index in [9.17, 15) is 9.90 Å². The molecule has 142 valence electrons. The molecule has 0 atom stereocenters. The van der Waals surface area contributed by atoms with Gasteiger partial charge in [-0.2, -0.15) is 5.10 Å². The number of hydrogen-bond acceptors (Lipinski definition) is 4. The van der Waals surface area contributed by atoms with E-state index >= 15 is 0 Å². The molecule has 3 aromatic rings. The molecule has 7 heteroatoms. The number of nitrogens with one attached hydrogen (secondary N) is 1. The zero-order valence-electron chi connectivity index (χ0n) is 14.6. The third-order valence-electron chi connectivity index (χ3n) is 3.82. The monoisotopic (exact) mass is 502 g/mol. The van der Waals surface area contributed by atoms with Crippen LogP contribution >= 0.6 is 31.9 Å². The smallest absolute Gasteiger partial charge is 0.275 e. The maximum absolute atomic E-state index is 12.0. The first-order valence-electron chi connectivity index (χ1n) is 8.31. The van der Waals surface area contributed by atoms with E-state index in [1.54, 1.807) is 12.1 Å². The van der Waals surface area contributed by atoms with Crippen molar-refractivity contribution in [2.24, 2.45) is 5.10 Å². The topological polar surface area (TPSA) is 70.9 Å². The summed E-state index contributed by atoms with van der Waals surface area (Å²) < 4.78 is 7.77. The summed E-state index contributed by atoms with van der Waals surface area (Å²) in [5, 5.41) is 13.6. The average molecular weight is 504 g/mol. The normalized spacial score (nSPS) is 10.8. The highest BCUT2D eigenvalue weighted by molar-refractivity contribution is 9.11. The van der Waals surface area contributed by atoms with Crippen molar-refractivity contribution in [3.05, 3.63) is 92.4 Å². The Kier molecular flexibility index (Phi) is 6.84. The summed E-state index contributed by atoms with van der Waals surface area (Å²) in [6.45, 7) is 0.442. The second kappa shape index (κ2) is 9.52. The number of rotatable bonds is 6. The molecular weight excluding hydrogens is 488 g/mol. The largest absolute Gasteiger partial charge is 0.507 e. The molecule has 0 fully saturated rings. The Morgan fingerprint density at radius 3 is 2.54 bits per heavy atom. The van der Waals surface area contributed by atoms with E-state index in [1.807, 2.05) is 42.5 Å². The minimum atomic E-state index is -0.477. The maximum Gasteiger partial charge on any atom is 0.275 e. The van der Waals surface area contributed by atoms with Crippen molar-refractivity contribution in [2.75, 3.05) is 0 Å². The summed E-state index contributed by atoms with van der Waals surface area (Å²) in [4.78, 5) is 12.0. The molecule has 0 aliphatic rings. The van der Waals surface area contributed by atoms with Crippen LogP contribution in [0.5, 0.6) is 11.5 Å². The van der Waals surface area contributed by atoms with E-state index in [-0.39, 0.29) is 11.3 Å². The molecule has 3 rings (SSSR count). The highest BCUT2D eigenvalue weighted by Gasteiger charge is 2.08. The second-order valence-corrected chi connectivity index (χ2v) is 7.58. The number of amides is 1. The predicted molar refractivity (Wildman–Crippen MR) is 116 cm³/mol. The van der Waals surface area contributed by atoms with E-state index in [1.165, 1.54) is 18.3 Å². The Hall–Kier alpha value is -2.64. The number of phenols is 1. The molecule has 1 amide bonds. The van der Waals surface area contributed by atoms with Gasteiger partial charge in [0.2, 0.25) is 0 Å². The van der Waals surface area contributed by atoms with Crippen LogP contribution in [0.4, 0.5) is 0 Å². The summed E-state index contributed by atoms with van der Waals surface area (Å²) in [5.41, 5.74) is 4.40. The molecule has 5 nitrogen and oxygen atoms in total. The Bertz CT molecular complexity index is 1000. The first-order valence-corrected chi connectivity index (χ1v) is 9.90. The molecule has 2 N–H and O–H groups in total. The molecular formula is C21H16Br2N2O3. The molecule has 0 radical (unpaired) electrons. The summed E-state index contributed by atoms with van der Waals surface area (Å²) in [6, 6.07) is 19.6. The van der Waals surface area contributed by atoms with E-state index < -0.39 is 5.91 Å². The SMILES string of the molecule is O=C(NN=Cc1ccc(OCc2ccc(Br)cc2Br)cc1)c1ccccc1O. The summed E-state index contributed by atoms with van der Waals surface area (Å²) in [6.07, 6.45) is 1.52. The fourth-order valence-corrected chi connectivity index (χ4v) is 3.50. The number of nitrogens with zero attached hydrogens (tertiary/aromatic N) is 1. The molecule has 0 aromatic heterocycles. The van der Waals surface area contributed by atoms with Crippen LogP contribution in [0.25, 0.3) is 0 Å². The summed E-state index contributed by atoms with van der Waals surface area (Å²) in [7, 11) is 0. The van der Waals surface area contributed by atoms with Gasteiger partial charge >= 0.3 is 0 Å². The zero-order chi connectivity index (χ0) is 19.9.